The lowest BCUT2D eigenvalue weighted by Crippen LogP contribution is -1.79. The van der Waals surface area contributed by atoms with Gasteiger partial charge in [0.05, 0.1) is 5.69 Å². The van der Waals surface area contributed by atoms with Gasteiger partial charge in [0.15, 0.2) is 5.51 Å². The third-order valence-electron chi connectivity index (χ3n) is 2.68. The zero-order valence-electron chi connectivity index (χ0n) is 9.13. The molecule has 0 aliphatic heterocycles. The molecule has 0 aliphatic carbocycles. The molecular formula is C15H10NS. The molecule has 1 radical (unpaired) electrons. The number of nitrogens with zero attached hydrogens (tertiary/aromatic N) is 1. The van der Waals surface area contributed by atoms with Crippen LogP contribution in [-0.2, 0) is 0 Å². The maximum absolute atomic E-state index is 4.18. The van der Waals surface area contributed by atoms with Crippen LogP contribution in [-0.4, -0.2) is 4.98 Å². The highest BCUT2D eigenvalue weighted by atomic mass is 32.1. The summed E-state index contributed by atoms with van der Waals surface area (Å²) in [5.41, 5.74) is 7.47. The second-order valence-corrected chi connectivity index (χ2v) is 4.42. The maximum atomic E-state index is 4.18. The SMILES string of the molecule is [c]1nc(-c2ccc(-c3ccccc3)cc2)cs1. The Kier molecular flexibility index (Phi) is 2.72. The first-order valence-electron chi connectivity index (χ1n) is 5.41. The number of thiazole rings is 1. The first kappa shape index (κ1) is 10.2. The number of aromatic nitrogens is 1. The van der Waals surface area contributed by atoms with Crippen LogP contribution in [0.25, 0.3) is 22.4 Å². The van der Waals surface area contributed by atoms with Crippen LogP contribution in [0.2, 0.25) is 0 Å². The van der Waals surface area contributed by atoms with E-state index in [0.29, 0.717) is 0 Å². The molecule has 0 saturated carbocycles. The van der Waals surface area contributed by atoms with Crippen molar-refractivity contribution in [1.82, 2.24) is 4.98 Å². The van der Waals surface area contributed by atoms with Crippen LogP contribution in [0, 0.1) is 5.51 Å². The fourth-order valence-corrected chi connectivity index (χ4v) is 2.28. The average Bonchev–Trinajstić information content (AvgIpc) is 2.94. The molecule has 3 aromatic rings. The van der Waals surface area contributed by atoms with E-state index in [4.69, 9.17) is 0 Å². The molecule has 0 amide bonds. The Morgan fingerprint density at radius 2 is 1.41 bits per heavy atom. The molecule has 0 unspecified atom stereocenters. The summed E-state index contributed by atoms with van der Waals surface area (Å²) in [6, 6.07) is 18.8. The molecular weight excluding hydrogens is 226 g/mol. The Labute approximate surface area is 104 Å². The van der Waals surface area contributed by atoms with Crippen molar-refractivity contribution >= 4 is 11.3 Å². The van der Waals surface area contributed by atoms with Gasteiger partial charge in [-0.05, 0) is 11.1 Å². The Balaban J connectivity index is 1.96. The zero-order valence-corrected chi connectivity index (χ0v) is 9.95. The van der Waals surface area contributed by atoms with E-state index >= 15 is 0 Å². The summed E-state index contributed by atoms with van der Waals surface area (Å²) in [7, 11) is 0. The highest BCUT2D eigenvalue weighted by Crippen LogP contribution is 2.24. The van der Waals surface area contributed by atoms with E-state index < -0.39 is 0 Å². The third kappa shape index (κ3) is 2.12. The summed E-state index contributed by atoms with van der Waals surface area (Å²) in [5.74, 6) is 0. The van der Waals surface area contributed by atoms with Crippen molar-refractivity contribution < 1.29 is 0 Å². The van der Waals surface area contributed by atoms with E-state index in [9.17, 15) is 0 Å². The smallest absolute Gasteiger partial charge is 0.152 e. The van der Waals surface area contributed by atoms with E-state index in [1.54, 1.807) is 0 Å². The standard InChI is InChI=1S/C15H10NS/c1-2-4-12(5-3-1)13-6-8-14(9-7-13)15-10-17-11-16-15/h1-10H. The van der Waals surface area contributed by atoms with Gasteiger partial charge in [-0.25, -0.2) is 4.98 Å². The summed E-state index contributed by atoms with van der Waals surface area (Å²) in [5, 5.41) is 2.01. The lowest BCUT2D eigenvalue weighted by molar-refractivity contribution is 1.40. The minimum absolute atomic E-state index is 0.995. The molecule has 0 aliphatic rings. The van der Waals surface area contributed by atoms with Crippen molar-refractivity contribution in [1.29, 1.82) is 0 Å². The molecule has 0 atom stereocenters. The Bertz CT molecular complexity index is 583. The molecule has 1 aromatic heterocycles. The molecule has 0 N–H and O–H groups in total. The van der Waals surface area contributed by atoms with Crippen molar-refractivity contribution in [2.24, 2.45) is 0 Å². The highest BCUT2D eigenvalue weighted by molar-refractivity contribution is 7.07. The van der Waals surface area contributed by atoms with Gasteiger partial charge < -0.3 is 0 Å². The van der Waals surface area contributed by atoms with Crippen molar-refractivity contribution in [3.05, 3.63) is 65.5 Å². The van der Waals surface area contributed by atoms with E-state index in [1.165, 1.54) is 22.5 Å². The van der Waals surface area contributed by atoms with Crippen LogP contribution in [0.1, 0.15) is 0 Å². The van der Waals surface area contributed by atoms with Gasteiger partial charge in [-0.15, -0.1) is 11.3 Å². The van der Waals surface area contributed by atoms with Crippen LogP contribution < -0.4 is 0 Å². The molecule has 3 rings (SSSR count). The third-order valence-corrected chi connectivity index (χ3v) is 3.21. The molecule has 81 valence electrons. The Morgan fingerprint density at radius 1 is 0.765 bits per heavy atom. The fourth-order valence-electron chi connectivity index (χ4n) is 1.78. The Morgan fingerprint density at radius 3 is 2.06 bits per heavy atom. The number of rotatable bonds is 2. The minimum atomic E-state index is 0.995. The molecule has 0 fully saturated rings. The first-order valence-corrected chi connectivity index (χ1v) is 6.29. The molecule has 1 heterocycles. The normalized spacial score (nSPS) is 10.4. The van der Waals surface area contributed by atoms with Gasteiger partial charge in [0.25, 0.3) is 0 Å². The van der Waals surface area contributed by atoms with E-state index in [2.05, 4.69) is 59.0 Å². The molecule has 1 nitrogen and oxygen atoms in total. The predicted molar refractivity (Wildman–Crippen MR) is 71.8 cm³/mol. The van der Waals surface area contributed by atoms with Crippen LogP contribution in [0.15, 0.2) is 60.0 Å². The molecule has 0 saturated heterocycles. The topological polar surface area (TPSA) is 12.9 Å². The van der Waals surface area contributed by atoms with Crippen LogP contribution in [0.3, 0.4) is 0 Å². The summed E-state index contributed by atoms with van der Waals surface area (Å²) < 4.78 is 0. The Hall–Kier alpha value is -1.93. The van der Waals surface area contributed by atoms with Crippen molar-refractivity contribution in [2.75, 3.05) is 0 Å². The average molecular weight is 236 g/mol. The van der Waals surface area contributed by atoms with Gasteiger partial charge in [-0.1, -0.05) is 54.6 Å². The maximum Gasteiger partial charge on any atom is 0.152 e. The van der Waals surface area contributed by atoms with Gasteiger partial charge in [0.2, 0.25) is 0 Å². The molecule has 17 heavy (non-hydrogen) atoms. The van der Waals surface area contributed by atoms with Crippen LogP contribution in [0.5, 0.6) is 0 Å². The lowest BCUT2D eigenvalue weighted by Gasteiger charge is -2.02. The summed E-state index contributed by atoms with van der Waals surface area (Å²) in [6.45, 7) is 0. The molecule has 2 aromatic carbocycles. The molecule has 0 spiro atoms. The van der Waals surface area contributed by atoms with Crippen molar-refractivity contribution in [3.63, 3.8) is 0 Å². The summed E-state index contributed by atoms with van der Waals surface area (Å²) >= 11 is 1.50. The minimum Gasteiger partial charge on any atom is -0.233 e. The largest absolute Gasteiger partial charge is 0.233 e. The van der Waals surface area contributed by atoms with Gasteiger partial charge in [0.1, 0.15) is 0 Å². The van der Waals surface area contributed by atoms with Gasteiger partial charge in [0, 0.05) is 10.9 Å². The number of hydrogen-bond donors (Lipinski definition) is 0. The second-order valence-electron chi connectivity index (χ2n) is 3.77. The van der Waals surface area contributed by atoms with E-state index in [-0.39, 0.29) is 0 Å². The molecule has 2 heteroatoms. The first-order chi connectivity index (χ1) is 8.43. The summed E-state index contributed by atoms with van der Waals surface area (Å²) in [6.07, 6.45) is 0. The zero-order chi connectivity index (χ0) is 11.5. The van der Waals surface area contributed by atoms with Crippen molar-refractivity contribution in [3.8, 4) is 22.4 Å². The van der Waals surface area contributed by atoms with Crippen LogP contribution >= 0.6 is 11.3 Å². The van der Waals surface area contributed by atoms with E-state index in [0.717, 1.165) is 11.3 Å². The summed E-state index contributed by atoms with van der Waals surface area (Å²) in [4.78, 5) is 4.18. The predicted octanol–water partition coefficient (Wildman–Crippen LogP) is 4.28. The van der Waals surface area contributed by atoms with Crippen LogP contribution in [0.4, 0.5) is 0 Å². The second kappa shape index (κ2) is 4.52. The van der Waals surface area contributed by atoms with E-state index in [1.807, 2.05) is 11.4 Å². The van der Waals surface area contributed by atoms with Crippen molar-refractivity contribution in [2.45, 2.75) is 0 Å². The monoisotopic (exact) mass is 236 g/mol. The van der Waals surface area contributed by atoms with Gasteiger partial charge >= 0.3 is 0 Å². The quantitative estimate of drug-likeness (QED) is 0.647. The highest BCUT2D eigenvalue weighted by Gasteiger charge is 2.00. The number of hydrogen-bond acceptors (Lipinski definition) is 2. The molecule has 0 bridgehead atoms. The fraction of sp³-hybridized carbons (Fsp3) is 0. The van der Waals surface area contributed by atoms with Gasteiger partial charge in [-0.2, -0.15) is 0 Å². The number of benzene rings is 2. The lowest BCUT2D eigenvalue weighted by atomic mass is 10.0. The van der Waals surface area contributed by atoms with Gasteiger partial charge in [-0.3, -0.25) is 0 Å².